The first-order valence-electron chi connectivity index (χ1n) is 12.4. The lowest BCUT2D eigenvalue weighted by atomic mass is 9.94. The quantitative estimate of drug-likeness (QED) is 0.326. The maximum absolute atomic E-state index is 14.3. The number of carbonyl (C=O) groups excluding carboxylic acids is 1. The van der Waals surface area contributed by atoms with Crippen molar-refractivity contribution in [1.29, 1.82) is 0 Å². The fourth-order valence-corrected chi connectivity index (χ4v) is 4.96. The van der Waals surface area contributed by atoms with Crippen molar-refractivity contribution in [2.75, 3.05) is 12.3 Å². The second-order valence-corrected chi connectivity index (χ2v) is 9.52. The van der Waals surface area contributed by atoms with Crippen molar-refractivity contribution in [3.8, 4) is 5.75 Å². The monoisotopic (exact) mass is 552 g/mol. The van der Waals surface area contributed by atoms with Crippen molar-refractivity contribution in [2.45, 2.75) is 31.6 Å². The predicted octanol–water partition coefficient (Wildman–Crippen LogP) is 5.74. The first-order chi connectivity index (χ1) is 19.0. The normalized spacial score (nSPS) is 15.2. The molecule has 40 heavy (non-hydrogen) atoms. The molecule has 0 fully saturated rings. The van der Waals surface area contributed by atoms with Gasteiger partial charge < -0.3 is 15.4 Å². The van der Waals surface area contributed by atoms with Crippen LogP contribution in [-0.4, -0.2) is 27.1 Å². The van der Waals surface area contributed by atoms with Gasteiger partial charge in [-0.15, -0.1) is 0 Å². The van der Waals surface area contributed by atoms with Crippen LogP contribution < -0.4 is 16.0 Å². The zero-order valence-corrected chi connectivity index (χ0v) is 21.2. The lowest BCUT2D eigenvalue weighted by Gasteiger charge is -2.33. The third-order valence-electron chi connectivity index (χ3n) is 6.79. The van der Waals surface area contributed by atoms with Crippen LogP contribution in [0.2, 0.25) is 0 Å². The predicted molar refractivity (Wildman–Crippen MR) is 139 cm³/mol. The van der Waals surface area contributed by atoms with Crippen LogP contribution in [0, 0.1) is 5.82 Å². The summed E-state index contributed by atoms with van der Waals surface area (Å²) in [6.07, 6.45) is -5.74. The van der Waals surface area contributed by atoms with Crippen LogP contribution in [0.15, 0.2) is 83.7 Å². The number of alkyl halides is 3. The van der Waals surface area contributed by atoms with Gasteiger partial charge in [0.05, 0.1) is 23.8 Å². The fourth-order valence-electron chi connectivity index (χ4n) is 4.96. The molecule has 0 aliphatic carbocycles. The fraction of sp³-hybridized carbons (Fsp3) is 0.207. The van der Waals surface area contributed by atoms with E-state index in [2.05, 4.69) is 4.98 Å². The Morgan fingerprint density at radius 3 is 2.17 bits per heavy atom. The number of anilines is 1. The summed E-state index contributed by atoms with van der Waals surface area (Å²) >= 11 is 0. The van der Waals surface area contributed by atoms with Crippen LogP contribution in [0.25, 0.3) is 0 Å². The molecule has 0 spiro atoms. The molecule has 1 atom stereocenters. The van der Waals surface area contributed by atoms with E-state index in [9.17, 15) is 27.2 Å². The maximum atomic E-state index is 14.3. The van der Waals surface area contributed by atoms with E-state index in [-0.39, 0.29) is 36.4 Å². The Balaban J connectivity index is 1.47. The number of nitrogen functional groups attached to an aromatic ring is 1. The highest BCUT2D eigenvalue weighted by molar-refractivity contribution is 5.71. The molecule has 0 saturated carbocycles. The third-order valence-corrected chi connectivity index (χ3v) is 6.79. The number of carbonyl (C=O) groups is 1. The topological polar surface area (TPSA) is 90.4 Å². The van der Waals surface area contributed by atoms with Gasteiger partial charge in [0.25, 0.3) is 5.56 Å². The van der Waals surface area contributed by atoms with Gasteiger partial charge in [0.15, 0.2) is 11.6 Å². The molecule has 1 amide bonds. The minimum atomic E-state index is -4.74. The maximum Gasteiger partial charge on any atom is 0.416 e. The molecular formula is C29H24F4N4O3. The Bertz CT molecular complexity index is 1570. The molecule has 7 nitrogen and oxygen atoms in total. The van der Waals surface area contributed by atoms with Crippen molar-refractivity contribution >= 4 is 12.0 Å². The molecule has 5 rings (SSSR count). The van der Waals surface area contributed by atoms with E-state index in [1.54, 1.807) is 6.92 Å². The van der Waals surface area contributed by atoms with Gasteiger partial charge >= 0.3 is 12.3 Å². The summed E-state index contributed by atoms with van der Waals surface area (Å²) < 4.78 is 59.3. The second kappa shape index (κ2) is 10.5. The van der Waals surface area contributed by atoms with Crippen molar-refractivity contribution < 1.29 is 27.1 Å². The van der Waals surface area contributed by atoms with Gasteiger partial charge in [0, 0.05) is 18.0 Å². The van der Waals surface area contributed by atoms with Crippen LogP contribution in [-0.2, 0) is 12.7 Å². The number of aromatic nitrogens is 2. The highest BCUT2D eigenvalue weighted by Crippen LogP contribution is 2.33. The number of fused-ring (bicyclic) bond motifs is 1. The molecule has 0 bridgehead atoms. The number of amides is 1. The van der Waals surface area contributed by atoms with Gasteiger partial charge in [-0.05, 0) is 29.3 Å². The summed E-state index contributed by atoms with van der Waals surface area (Å²) in [5.74, 6) is -2.52. The van der Waals surface area contributed by atoms with Crippen molar-refractivity contribution in [3.05, 3.63) is 123 Å². The third kappa shape index (κ3) is 5.14. The molecule has 11 heteroatoms. The van der Waals surface area contributed by atoms with Gasteiger partial charge in [-0.1, -0.05) is 67.6 Å². The standard InChI is InChI=1S/C29H24F4N4O3/c1-17-15-36(28(39)40-23-13-12-20(14-21(23)30)29(31,32)33)16-22-24(17)26(38)37(27(34)35-22)25(18-8-4-2-5-9-18)19-10-6-3-7-11-19/h2-14,17,25H,15-16H2,1H3,(H2,34,35). The van der Waals surface area contributed by atoms with Crippen molar-refractivity contribution in [2.24, 2.45) is 0 Å². The van der Waals surface area contributed by atoms with E-state index >= 15 is 0 Å². The zero-order valence-electron chi connectivity index (χ0n) is 21.2. The Morgan fingerprint density at radius 1 is 1.02 bits per heavy atom. The number of ether oxygens (including phenoxy) is 1. The van der Waals surface area contributed by atoms with E-state index in [1.807, 2.05) is 60.7 Å². The average molecular weight is 553 g/mol. The Labute approximate surface area is 226 Å². The summed E-state index contributed by atoms with van der Waals surface area (Å²) in [4.78, 5) is 32.5. The van der Waals surface area contributed by atoms with E-state index in [4.69, 9.17) is 10.5 Å². The smallest absolute Gasteiger partial charge is 0.407 e. The van der Waals surface area contributed by atoms with E-state index in [1.165, 1.54) is 9.47 Å². The number of benzene rings is 3. The Kier molecular flexibility index (Phi) is 7.05. The number of hydrogen-bond acceptors (Lipinski definition) is 5. The molecule has 4 aromatic rings. The number of hydrogen-bond donors (Lipinski definition) is 1. The van der Waals surface area contributed by atoms with Gasteiger partial charge in [0.2, 0.25) is 5.95 Å². The second-order valence-electron chi connectivity index (χ2n) is 9.52. The number of rotatable bonds is 4. The molecular weight excluding hydrogens is 528 g/mol. The number of halogens is 4. The average Bonchev–Trinajstić information content (AvgIpc) is 2.92. The highest BCUT2D eigenvalue weighted by atomic mass is 19.4. The molecule has 1 aromatic heterocycles. The SMILES string of the molecule is CC1CN(C(=O)Oc2ccc(C(F)(F)F)cc2F)Cc2nc(N)n(C(c3ccccc3)c3ccccc3)c(=O)c21. The first kappa shape index (κ1) is 26.9. The van der Waals surface area contributed by atoms with E-state index in [0.29, 0.717) is 11.6 Å². The summed E-state index contributed by atoms with van der Waals surface area (Å²) in [6, 6.07) is 19.9. The van der Waals surface area contributed by atoms with Gasteiger partial charge in [-0.3, -0.25) is 9.36 Å². The van der Waals surface area contributed by atoms with E-state index < -0.39 is 41.4 Å². The van der Waals surface area contributed by atoms with Crippen LogP contribution >= 0.6 is 0 Å². The molecule has 0 saturated heterocycles. The van der Waals surface area contributed by atoms with E-state index in [0.717, 1.165) is 17.2 Å². The Morgan fingerprint density at radius 2 is 1.62 bits per heavy atom. The summed E-state index contributed by atoms with van der Waals surface area (Å²) in [7, 11) is 0. The largest absolute Gasteiger partial charge is 0.416 e. The van der Waals surface area contributed by atoms with Crippen molar-refractivity contribution in [3.63, 3.8) is 0 Å². The Hall–Kier alpha value is -4.67. The van der Waals surface area contributed by atoms with Gasteiger partial charge in [-0.25, -0.2) is 14.2 Å². The molecule has 2 N–H and O–H groups in total. The number of nitrogens with two attached hydrogens (primary N) is 1. The molecule has 2 heterocycles. The van der Waals surface area contributed by atoms with Crippen LogP contribution in [0.1, 0.15) is 46.8 Å². The molecule has 206 valence electrons. The van der Waals surface area contributed by atoms with Crippen LogP contribution in [0.4, 0.5) is 28.3 Å². The highest BCUT2D eigenvalue weighted by Gasteiger charge is 2.35. The van der Waals surface area contributed by atoms with Crippen LogP contribution in [0.3, 0.4) is 0 Å². The van der Waals surface area contributed by atoms with Gasteiger partial charge in [0.1, 0.15) is 0 Å². The molecule has 1 aliphatic heterocycles. The zero-order chi connectivity index (χ0) is 28.6. The molecule has 1 unspecified atom stereocenters. The molecule has 3 aromatic carbocycles. The lowest BCUT2D eigenvalue weighted by Crippen LogP contribution is -2.44. The van der Waals surface area contributed by atoms with Gasteiger partial charge in [-0.2, -0.15) is 13.2 Å². The summed E-state index contributed by atoms with van der Waals surface area (Å²) in [5.41, 5.74) is 7.11. The minimum absolute atomic E-state index is 0.0380. The van der Waals surface area contributed by atoms with Crippen LogP contribution in [0.5, 0.6) is 5.75 Å². The minimum Gasteiger partial charge on any atom is -0.407 e. The molecule has 1 aliphatic rings. The summed E-state index contributed by atoms with van der Waals surface area (Å²) in [5, 5.41) is 0. The number of nitrogens with zero attached hydrogens (tertiary/aromatic N) is 3. The summed E-state index contributed by atoms with van der Waals surface area (Å²) in [6.45, 7) is 1.62. The lowest BCUT2D eigenvalue weighted by molar-refractivity contribution is -0.137. The molecule has 0 radical (unpaired) electrons. The van der Waals surface area contributed by atoms with Crippen molar-refractivity contribution in [1.82, 2.24) is 14.5 Å². The first-order valence-corrected chi connectivity index (χ1v) is 12.4.